The highest BCUT2D eigenvalue weighted by molar-refractivity contribution is 5.80. The lowest BCUT2D eigenvalue weighted by atomic mass is 9.79. The summed E-state index contributed by atoms with van der Waals surface area (Å²) in [4.78, 5) is 27.6. The van der Waals surface area contributed by atoms with E-state index in [1.807, 2.05) is 35.2 Å². The van der Waals surface area contributed by atoms with Crippen molar-refractivity contribution in [1.82, 2.24) is 44.8 Å². The molecule has 0 radical (unpaired) electrons. The Morgan fingerprint density at radius 2 is 1.86 bits per heavy atom. The van der Waals surface area contributed by atoms with E-state index >= 15 is 0 Å². The van der Waals surface area contributed by atoms with Gasteiger partial charge in [-0.1, -0.05) is 12.1 Å². The number of amides is 1. The molecular weight excluding hydrogens is 472 g/mol. The Morgan fingerprint density at radius 3 is 2.65 bits per heavy atom. The van der Waals surface area contributed by atoms with Gasteiger partial charge in [-0.25, -0.2) is 0 Å². The zero-order valence-corrected chi connectivity index (χ0v) is 20.2. The first kappa shape index (κ1) is 22.7. The predicted octanol–water partition coefficient (Wildman–Crippen LogP) is 2.62. The summed E-state index contributed by atoms with van der Waals surface area (Å²) in [6.45, 7) is 3.47. The standard InChI is InChI=1S/C25H24N10O2/c1-25(24-29-23(37-33-24)17-6-11-26-12-7-17)8-13-34(14-9-25)21(36)16-28-19-4-5-20-30-31-22(35(20)32-19)18-3-2-10-27-15-18/h2-7,10-12,15H,8-9,13-14,16H2,1H3,(H,28,32). The Hall–Kier alpha value is -4.74. The molecule has 1 aliphatic heterocycles. The van der Waals surface area contributed by atoms with Crippen molar-refractivity contribution in [3.63, 3.8) is 0 Å². The SMILES string of the molecule is CC1(c2noc(-c3ccncc3)n2)CCN(C(=O)CNc2ccc3nnc(-c4cccnc4)n3n2)CC1. The molecule has 0 unspecified atom stereocenters. The van der Waals surface area contributed by atoms with E-state index in [2.05, 4.69) is 47.6 Å². The summed E-state index contributed by atoms with van der Waals surface area (Å²) < 4.78 is 7.13. The Kier molecular flexibility index (Phi) is 5.75. The van der Waals surface area contributed by atoms with Gasteiger partial charge in [0.25, 0.3) is 5.89 Å². The van der Waals surface area contributed by atoms with Gasteiger partial charge >= 0.3 is 0 Å². The van der Waals surface area contributed by atoms with E-state index in [-0.39, 0.29) is 17.9 Å². The van der Waals surface area contributed by atoms with Crippen molar-refractivity contribution in [2.24, 2.45) is 0 Å². The lowest BCUT2D eigenvalue weighted by Crippen LogP contribution is -2.46. The Balaban J connectivity index is 1.08. The van der Waals surface area contributed by atoms with E-state index in [4.69, 9.17) is 4.52 Å². The van der Waals surface area contributed by atoms with Crippen LogP contribution >= 0.6 is 0 Å². The first-order valence-corrected chi connectivity index (χ1v) is 12.0. The molecule has 0 aromatic carbocycles. The molecule has 0 saturated carbocycles. The van der Waals surface area contributed by atoms with Gasteiger partial charge in [-0.3, -0.25) is 14.8 Å². The Morgan fingerprint density at radius 1 is 1.03 bits per heavy atom. The molecule has 0 aliphatic carbocycles. The highest BCUT2D eigenvalue weighted by atomic mass is 16.5. The molecule has 6 heterocycles. The number of carbonyl (C=O) groups is 1. The van der Waals surface area contributed by atoms with Crippen LogP contribution in [-0.4, -0.2) is 70.4 Å². The van der Waals surface area contributed by atoms with Gasteiger partial charge in [0.2, 0.25) is 5.91 Å². The van der Waals surface area contributed by atoms with E-state index in [1.54, 1.807) is 35.4 Å². The number of hydrogen-bond donors (Lipinski definition) is 1. The van der Waals surface area contributed by atoms with E-state index in [1.165, 1.54) is 0 Å². The molecule has 37 heavy (non-hydrogen) atoms. The number of fused-ring (bicyclic) bond motifs is 1. The van der Waals surface area contributed by atoms with Gasteiger partial charge in [-0.05, 0) is 49.2 Å². The molecule has 12 heteroatoms. The van der Waals surface area contributed by atoms with Gasteiger partial charge < -0.3 is 14.7 Å². The van der Waals surface area contributed by atoms with Crippen LogP contribution in [0, 0.1) is 0 Å². The fraction of sp³-hybridized carbons (Fsp3) is 0.280. The van der Waals surface area contributed by atoms with Crippen molar-refractivity contribution in [1.29, 1.82) is 0 Å². The lowest BCUT2D eigenvalue weighted by Gasteiger charge is -2.37. The molecule has 0 bridgehead atoms. The topological polar surface area (TPSA) is 140 Å². The third-order valence-corrected chi connectivity index (χ3v) is 6.72. The second-order valence-corrected chi connectivity index (χ2v) is 9.21. The van der Waals surface area contributed by atoms with Crippen molar-refractivity contribution in [3.8, 4) is 22.8 Å². The summed E-state index contributed by atoms with van der Waals surface area (Å²) in [5, 5.41) is 20.3. The van der Waals surface area contributed by atoms with Gasteiger partial charge in [-0.15, -0.1) is 15.3 Å². The average molecular weight is 497 g/mol. The van der Waals surface area contributed by atoms with Crippen LogP contribution in [0.25, 0.3) is 28.5 Å². The van der Waals surface area contributed by atoms with Crippen LogP contribution in [0.15, 0.2) is 65.7 Å². The minimum atomic E-state index is -0.261. The molecule has 0 spiro atoms. The largest absolute Gasteiger partial charge is 0.360 e. The molecule has 1 amide bonds. The maximum atomic E-state index is 13.0. The number of likely N-dealkylation sites (tertiary alicyclic amines) is 1. The second kappa shape index (κ2) is 9.37. The summed E-state index contributed by atoms with van der Waals surface area (Å²) in [5.41, 5.74) is 1.99. The van der Waals surface area contributed by atoms with Crippen LogP contribution in [0.2, 0.25) is 0 Å². The molecular formula is C25H24N10O2. The zero-order valence-electron chi connectivity index (χ0n) is 20.2. The van der Waals surface area contributed by atoms with E-state index in [0.717, 1.165) is 24.0 Å². The van der Waals surface area contributed by atoms with Crippen LogP contribution in [-0.2, 0) is 10.2 Å². The summed E-state index contributed by atoms with van der Waals surface area (Å²) in [6.07, 6.45) is 8.28. The van der Waals surface area contributed by atoms with Crippen molar-refractivity contribution >= 4 is 17.4 Å². The minimum Gasteiger partial charge on any atom is -0.360 e. The number of hydrogen-bond acceptors (Lipinski definition) is 10. The van der Waals surface area contributed by atoms with Gasteiger partial charge in [0.05, 0.1) is 6.54 Å². The van der Waals surface area contributed by atoms with Crippen molar-refractivity contribution in [2.75, 3.05) is 25.0 Å². The fourth-order valence-corrected chi connectivity index (χ4v) is 4.39. The summed E-state index contributed by atoms with van der Waals surface area (Å²) in [6, 6.07) is 11.0. The zero-order chi connectivity index (χ0) is 25.2. The third kappa shape index (κ3) is 4.48. The minimum absolute atomic E-state index is 0.00534. The number of piperidine rings is 1. The first-order chi connectivity index (χ1) is 18.1. The number of nitrogens with one attached hydrogen (secondary N) is 1. The molecule has 1 fully saturated rings. The summed E-state index contributed by atoms with van der Waals surface area (Å²) >= 11 is 0. The number of rotatable bonds is 6. The average Bonchev–Trinajstić information content (AvgIpc) is 3.61. The van der Waals surface area contributed by atoms with E-state index in [0.29, 0.717) is 42.1 Å². The molecule has 1 saturated heterocycles. The molecule has 5 aromatic rings. The van der Waals surface area contributed by atoms with Crippen molar-refractivity contribution < 1.29 is 9.32 Å². The third-order valence-electron chi connectivity index (χ3n) is 6.72. The quantitative estimate of drug-likeness (QED) is 0.373. The van der Waals surface area contributed by atoms with E-state index < -0.39 is 0 Å². The predicted molar refractivity (Wildman–Crippen MR) is 133 cm³/mol. The monoisotopic (exact) mass is 496 g/mol. The van der Waals surface area contributed by atoms with Gasteiger partial charge in [0, 0.05) is 54.4 Å². The molecule has 1 aliphatic rings. The summed E-state index contributed by atoms with van der Waals surface area (Å²) in [5.74, 6) is 2.29. The molecule has 1 N–H and O–H groups in total. The van der Waals surface area contributed by atoms with E-state index in [9.17, 15) is 4.79 Å². The number of pyridine rings is 2. The highest BCUT2D eigenvalue weighted by Crippen LogP contribution is 2.34. The number of aromatic nitrogens is 8. The van der Waals surface area contributed by atoms with Crippen molar-refractivity contribution in [3.05, 3.63) is 67.0 Å². The second-order valence-electron chi connectivity index (χ2n) is 9.21. The maximum absolute atomic E-state index is 13.0. The maximum Gasteiger partial charge on any atom is 0.258 e. The number of anilines is 1. The normalized spacial score (nSPS) is 15.1. The fourth-order valence-electron chi connectivity index (χ4n) is 4.39. The molecule has 12 nitrogen and oxygen atoms in total. The lowest BCUT2D eigenvalue weighted by molar-refractivity contribution is -0.130. The Bertz CT molecular complexity index is 1530. The first-order valence-electron chi connectivity index (χ1n) is 12.0. The molecule has 5 aromatic heterocycles. The van der Waals surface area contributed by atoms with Crippen LogP contribution in [0.4, 0.5) is 5.82 Å². The van der Waals surface area contributed by atoms with Gasteiger partial charge in [-0.2, -0.15) is 9.50 Å². The molecule has 0 atom stereocenters. The number of nitrogens with zero attached hydrogens (tertiary/aromatic N) is 9. The smallest absolute Gasteiger partial charge is 0.258 e. The number of carbonyl (C=O) groups excluding carboxylic acids is 1. The van der Waals surface area contributed by atoms with Crippen LogP contribution < -0.4 is 5.32 Å². The van der Waals surface area contributed by atoms with Gasteiger partial charge in [0.1, 0.15) is 5.82 Å². The van der Waals surface area contributed by atoms with Crippen LogP contribution in [0.3, 0.4) is 0 Å². The van der Waals surface area contributed by atoms with Gasteiger partial charge in [0.15, 0.2) is 17.3 Å². The Labute approximate surface area is 211 Å². The van der Waals surface area contributed by atoms with Crippen LogP contribution in [0.5, 0.6) is 0 Å². The highest BCUT2D eigenvalue weighted by Gasteiger charge is 2.37. The van der Waals surface area contributed by atoms with Crippen LogP contribution in [0.1, 0.15) is 25.6 Å². The summed E-state index contributed by atoms with van der Waals surface area (Å²) in [7, 11) is 0. The van der Waals surface area contributed by atoms with Crippen molar-refractivity contribution in [2.45, 2.75) is 25.2 Å². The molecule has 6 rings (SSSR count). The molecule has 186 valence electrons.